The number of carbonyl (C=O) groups is 2. The predicted octanol–water partition coefficient (Wildman–Crippen LogP) is 4.55. The van der Waals surface area contributed by atoms with Crippen molar-refractivity contribution < 1.29 is 14.3 Å². The second kappa shape index (κ2) is 8.79. The maximum absolute atomic E-state index is 12.9. The lowest BCUT2D eigenvalue weighted by Gasteiger charge is -2.15. The molecule has 0 aromatic heterocycles. The maximum Gasteiger partial charge on any atom is 0.269 e. The molecule has 1 atom stereocenters. The summed E-state index contributed by atoms with van der Waals surface area (Å²) < 4.78 is 5.25. The summed E-state index contributed by atoms with van der Waals surface area (Å²) in [6, 6.07) is 19.1. The van der Waals surface area contributed by atoms with Gasteiger partial charge >= 0.3 is 0 Å². The van der Waals surface area contributed by atoms with Gasteiger partial charge in [-0.25, -0.2) is 4.99 Å². The molecule has 0 bridgehead atoms. The van der Waals surface area contributed by atoms with Gasteiger partial charge in [-0.2, -0.15) is 0 Å². The fraction of sp³-hybridized carbons (Fsp3) is 0.0870. The Bertz CT molecular complexity index is 1190. The Labute approximate surface area is 188 Å². The SMILES string of the molecule is COc1ccc(Cl)cc1C(=O)N[C@H]1N=C(c2ccc(Cl)cc2)c2ccccc2NC1=O. The lowest BCUT2D eigenvalue weighted by atomic mass is 10.0. The lowest BCUT2D eigenvalue weighted by molar-refractivity contribution is -0.117. The number of fused-ring (bicyclic) bond motifs is 1. The average Bonchev–Trinajstić information content (AvgIpc) is 2.90. The highest BCUT2D eigenvalue weighted by molar-refractivity contribution is 6.31. The third-order valence-electron chi connectivity index (χ3n) is 4.74. The first kappa shape index (κ1) is 20.9. The van der Waals surface area contributed by atoms with Gasteiger partial charge in [0.05, 0.1) is 24.1 Å². The van der Waals surface area contributed by atoms with E-state index in [2.05, 4.69) is 15.6 Å². The molecule has 0 aliphatic carbocycles. The molecule has 0 spiro atoms. The van der Waals surface area contributed by atoms with Gasteiger partial charge < -0.3 is 15.4 Å². The first-order valence-electron chi connectivity index (χ1n) is 9.34. The van der Waals surface area contributed by atoms with Gasteiger partial charge in [-0.1, -0.05) is 53.5 Å². The molecule has 1 aliphatic rings. The summed E-state index contributed by atoms with van der Waals surface area (Å²) in [5.41, 5.74) is 2.84. The highest BCUT2D eigenvalue weighted by Gasteiger charge is 2.28. The minimum atomic E-state index is -1.17. The third kappa shape index (κ3) is 4.40. The number of rotatable bonds is 4. The summed E-state index contributed by atoms with van der Waals surface area (Å²) in [7, 11) is 1.45. The van der Waals surface area contributed by atoms with Gasteiger partial charge in [0, 0.05) is 21.2 Å². The highest BCUT2D eigenvalue weighted by Crippen LogP contribution is 2.26. The zero-order valence-corrected chi connectivity index (χ0v) is 17.9. The molecule has 3 aromatic carbocycles. The van der Waals surface area contributed by atoms with Crippen molar-refractivity contribution in [2.45, 2.75) is 6.17 Å². The number of benzene rings is 3. The lowest BCUT2D eigenvalue weighted by Crippen LogP contribution is -2.42. The molecule has 0 saturated heterocycles. The zero-order valence-electron chi connectivity index (χ0n) is 16.4. The average molecular weight is 454 g/mol. The van der Waals surface area contributed by atoms with Gasteiger partial charge in [0.1, 0.15) is 5.75 Å². The Kier molecular flexibility index (Phi) is 5.93. The number of halogens is 2. The number of nitrogens with one attached hydrogen (secondary N) is 2. The van der Waals surface area contributed by atoms with Gasteiger partial charge in [0.15, 0.2) is 0 Å². The van der Waals surface area contributed by atoms with Crippen molar-refractivity contribution in [3.8, 4) is 5.75 Å². The number of benzodiazepines with no additional fused rings is 1. The molecule has 156 valence electrons. The molecule has 0 unspecified atom stereocenters. The summed E-state index contributed by atoms with van der Waals surface area (Å²) in [6.07, 6.45) is -1.17. The number of nitrogens with zero attached hydrogens (tertiary/aromatic N) is 1. The minimum Gasteiger partial charge on any atom is -0.496 e. The van der Waals surface area contributed by atoms with Crippen molar-refractivity contribution in [2.24, 2.45) is 4.99 Å². The Morgan fingerprint density at radius 1 is 1.03 bits per heavy atom. The smallest absolute Gasteiger partial charge is 0.269 e. The van der Waals surface area contributed by atoms with Crippen LogP contribution in [0.4, 0.5) is 5.69 Å². The Balaban J connectivity index is 1.75. The third-order valence-corrected chi connectivity index (χ3v) is 5.23. The van der Waals surface area contributed by atoms with Crippen molar-refractivity contribution in [3.63, 3.8) is 0 Å². The molecular formula is C23H17Cl2N3O3. The molecule has 4 rings (SSSR count). The van der Waals surface area contributed by atoms with Gasteiger partial charge in [-0.3, -0.25) is 9.59 Å². The van der Waals surface area contributed by atoms with E-state index in [1.807, 2.05) is 30.3 Å². The van der Waals surface area contributed by atoms with Crippen LogP contribution in [0.2, 0.25) is 10.0 Å². The van der Waals surface area contributed by atoms with E-state index in [0.29, 0.717) is 27.2 Å². The number of methoxy groups -OCH3 is 1. The monoisotopic (exact) mass is 453 g/mol. The van der Waals surface area contributed by atoms with E-state index in [1.165, 1.54) is 13.2 Å². The summed E-state index contributed by atoms with van der Waals surface area (Å²) in [5, 5.41) is 6.45. The molecule has 0 fully saturated rings. The largest absolute Gasteiger partial charge is 0.496 e. The number of amides is 2. The van der Waals surface area contributed by atoms with E-state index in [-0.39, 0.29) is 5.56 Å². The Morgan fingerprint density at radius 2 is 1.74 bits per heavy atom. The zero-order chi connectivity index (χ0) is 22.0. The molecule has 1 heterocycles. The molecule has 8 heteroatoms. The van der Waals surface area contributed by atoms with Crippen molar-refractivity contribution in [2.75, 3.05) is 12.4 Å². The van der Waals surface area contributed by atoms with Crippen molar-refractivity contribution in [1.29, 1.82) is 0 Å². The second-order valence-corrected chi connectivity index (χ2v) is 7.61. The summed E-state index contributed by atoms with van der Waals surface area (Å²) >= 11 is 12.1. The number of anilines is 1. The predicted molar refractivity (Wildman–Crippen MR) is 121 cm³/mol. The van der Waals surface area contributed by atoms with Crippen LogP contribution in [0.25, 0.3) is 0 Å². The standard InChI is InChI=1S/C23H17Cl2N3O3/c1-31-19-11-10-15(25)12-17(19)22(29)28-21-23(30)26-18-5-3-2-4-16(18)20(27-21)13-6-8-14(24)9-7-13/h2-12,21H,1H3,(H,26,30)(H,28,29)/t21-/m1/s1. The molecule has 31 heavy (non-hydrogen) atoms. The van der Waals surface area contributed by atoms with Crippen molar-refractivity contribution in [1.82, 2.24) is 5.32 Å². The van der Waals surface area contributed by atoms with Gasteiger partial charge in [0.2, 0.25) is 6.17 Å². The van der Waals surface area contributed by atoms with Crippen LogP contribution in [-0.2, 0) is 4.79 Å². The number of carbonyl (C=O) groups excluding carboxylic acids is 2. The minimum absolute atomic E-state index is 0.202. The van der Waals surface area contributed by atoms with Gasteiger partial charge in [-0.05, 0) is 36.4 Å². The van der Waals surface area contributed by atoms with Crippen LogP contribution in [-0.4, -0.2) is 30.8 Å². The fourth-order valence-electron chi connectivity index (χ4n) is 3.25. The van der Waals surface area contributed by atoms with E-state index in [9.17, 15) is 9.59 Å². The maximum atomic E-state index is 12.9. The van der Waals surface area contributed by atoms with Crippen LogP contribution < -0.4 is 15.4 Å². The molecule has 0 radical (unpaired) electrons. The van der Waals surface area contributed by atoms with Gasteiger partial charge in [-0.15, -0.1) is 0 Å². The van der Waals surface area contributed by atoms with Gasteiger partial charge in [0.25, 0.3) is 11.8 Å². The van der Waals surface area contributed by atoms with E-state index >= 15 is 0 Å². The van der Waals surface area contributed by atoms with Crippen LogP contribution in [0.15, 0.2) is 71.7 Å². The van der Waals surface area contributed by atoms with E-state index in [0.717, 1.165) is 11.1 Å². The molecule has 2 N–H and O–H groups in total. The first-order chi connectivity index (χ1) is 15.0. The molecule has 6 nitrogen and oxygen atoms in total. The Hall–Kier alpha value is -3.35. The second-order valence-electron chi connectivity index (χ2n) is 6.74. The Morgan fingerprint density at radius 3 is 2.48 bits per heavy atom. The number of para-hydroxylation sites is 1. The number of hydrogen-bond donors (Lipinski definition) is 2. The number of ether oxygens (including phenoxy) is 1. The highest BCUT2D eigenvalue weighted by atomic mass is 35.5. The van der Waals surface area contributed by atoms with E-state index in [1.54, 1.807) is 30.3 Å². The fourth-order valence-corrected chi connectivity index (χ4v) is 3.55. The normalized spacial score (nSPS) is 15.3. The molecule has 2 amide bonds. The van der Waals surface area contributed by atoms with Crippen LogP contribution in [0.5, 0.6) is 5.75 Å². The number of aliphatic imine (C=N–C) groups is 1. The van der Waals surface area contributed by atoms with Crippen LogP contribution in [0.3, 0.4) is 0 Å². The summed E-state index contributed by atoms with van der Waals surface area (Å²) in [5.74, 6) is -0.670. The van der Waals surface area contributed by atoms with Crippen LogP contribution in [0, 0.1) is 0 Å². The van der Waals surface area contributed by atoms with Crippen LogP contribution in [0.1, 0.15) is 21.5 Å². The van der Waals surface area contributed by atoms with E-state index < -0.39 is 18.0 Å². The summed E-state index contributed by atoms with van der Waals surface area (Å²) in [4.78, 5) is 30.4. The van der Waals surface area contributed by atoms with Crippen molar-refractivity contribution >= 4 is 46.4 Å². The molecular weight excluding hydrogens is 437 g/mol. The quantitative estimate of drug-likeness (QED) is 0.607. The van der Waals surface area contributed by atoms with Crippen molar-refractivity contribution in [3.05, 3.63) is 93.5 Å². The van der Waals surface area contributed by atoms with E-state index in [4.69, 9.17) is 27.9 Å². The number of hydrogen-bond acceptors (Lipinski definition) is 4. The molecule has 3 aromatic rings. The summed E-state index contributed by atoms with van der Waals surface area (Å²) in [6.45, 7) is 0. The first-order valence-corrected chi connectivity index (χ1v) is 10.1. The topological polar surface area (TPSA) is 79.8 Å². The van der Waals surface area contributed by atoms with Crippen LogP contribution >= 0.6 is 23.2 Å². The molecule has 0 saturated carbocycles. The molecule has 1 aliphatic heterocycles.